The number of rotatable bonds is 5. The van der Waals surface area contributed by atoms with E-state index in [2.05, 4.69) is 15.7 Å². The summed E-state index contributed by atoms with van der Waals surface area (Å²) in [6.07, 6.45) is 4.08. The maximum Gasteiger partial charge on any atom is 0.221 e. The summed E-state index contributed by atoms with van der Waals surface area (Å²) in [4.78, 5) is 11.8. The van der Waals surface area contributed by atoms with Crippen molar-refractivity contribution < 1.29 is 9.53 Å². The number of halogens is 2. The van der Waals surface area contributed by atoms with E-state index < -0.39 is 0 Å². The lowest BCUT2D eigenvalue weighted by Gasteiger charge is -2.24. The lowest BCUT2D eigenvalue weighted by molar-refractivity contribution is -0.123. The van der Waals surface area contributed by atoms with E-state index in [1.54, 1.807) is 6.20 Å². The molecule has 0 radical (unpaired) electrons. The minimum absolute atomic E-state index is 0. The Bertz CT molecular complexity index is 370. The average molecular weight is 325 g/mol. The second-order valence-electron chi connectivity index (χ2n) is 4.63. The van der Waals surface area contributed by atoms with Crippen molar-refractivity contribution in [3.63, 3.8) is 0 Å². The van der Waals surface area contributed by atoms with E-state index in [-0.39, 0.29) is 42.8 Å². The summed E-state index contributed by atoms with van der Waals surface area (Å²) in [5.41, 5.74) is 0. The van der Waals surface area contributed by atoms with E-state index in [9.17, 15) is 4.79 Å². The first-order chi connectivity index (χ1) is 8.74. The molecule has 2 atom stereocenters. The average Bonchev–Trinajstić information content (AvgIpc) is 2.82. The molecule has 116 valence electrons. The standard InChI is InChI=1S/C12H20N4O2.2ClH/c1-10(8-16-5-2-3-14-16)15-12(17)7-11-9-18-6-4-13-11;;/h2-3,5,10-11,13H,4,6-9H2,1H3,(H,15,17);2*1H. The van der Waals surface area contributed by atoms with E-state index in [1.165, 1.54) is 0 Å². The molecule has 2 unspecified atom stereocenters. The van der Waals surface area contributed by atoms with Crippen molar-refractivity contribution in [2.75, 3.05) is 19.8 Å². The zero-order chi connectivity index (χ0) is 12.8. The van der Waals surface area contributed by atoms with Crippen LogP contribution in [-0.4, -0.2) is 47.5 Å². The van der Waals surface area contributed by atoms with Gasteiger partial charge in [-0.3, -0.25) is 9.48 Å². The Kier molecular flexibility index (Phi) is 9.58. The SMILES string of the molecule is CC(Cn1cccn1)NC(=O)CC1COCCN1.Cl.Cl. The molecule has 2 heterocycles. The highest BCUT2D eigenvalue weighted by molar-refractivity contribution is 5.85. The molecule has 1 amide bonds. The Balaban J connectivity index is 0.00000180. The van der Waals surface area contributed by atoms with Crippen molar-refractivity contribution in [2.45, 2.75) is 32.0 Å². The van der Waals surface area contributed by atoms with Crippen LogP contribution in [0.4, 0.5) is 0 Å². The van der Waals surface area contributed by atoms with Gasteiger partial charge in [-0.15, -0.1) is 24.8 Å². The molecule has 0 aromatic carbocycles. The first-order valence-electron chi connectivity index (χ1n) is 6.32. The maximum absolute atomic E-state index is 11.8. The molecule has 1 saturated heterocycles. The minimum atomic E-state index is 0. The first kappa shape index (κ1) is 19.2. The van der Waals surface area contributed by atoms with Crippen molar-refractivity contribution in [1.29, 1.82) is 0 Å². The number of nitrogens with one attached hydrogen (secondary N) is 2. The van der Waals surface area contributed by atoms with Crippen molar-refractivity contribution in [2.24, 2.45) is 0 Å². The lowest BCUT2D eigenvalue weighted by atomic mass is 10.2. The van der Waals surface area contributed by atoms with Gasteiger partial charge in [0.05, 0.1) is 19.8 Å². The third-order valence-corrected chi connectivity index (χ3v) is 2.86. The summed E-state index contributed by atoms with van der Waals surface area (Å²) < 4.78 is 7.13. The molecule has 0 saturated carbocycles. The minimum Gasteiger partial charge on any atom is -0.378 e. The molecule has 1 aliphatic rings. The number of amides is 1. The van der Waals surface area contributed by atoms with Crippen LogP contribution in [0.5, 0.6) is 0 Å². The second kappa shape index (κ2) is 9.99. The first-order valence-corrected chi connectivity index (χ1v) is 6.32. The van der Waals surface area contributed by atoms with E-state index in [1.807, 2.05) is 23.9 Å². The predicted octanol–water partition coefficient (Wildman–Crippen LogP) is 0.610. The Morgan fingerprint density at radius 3 is 3.00 bits per heavy atom. The summed E-state index contributed by atoms with van der Waals surface area (Å²) in [5.74, 6) is 0.0534. The Morgan fingerprint density at radius 1 is 1.60 bits per heavy atom. The highest BCUT2D eigenvalue weighted by atomic mass is 35.5. The molecule has 1 aromatic heterocycles. The molecule has 20 heavy (non-hydrogen) atoms. The molecule has 2 N–H and O–H groups in total. The van der Waals surface area contributed by atoms with Crippen LogP contribution in [0.25, 0.3) is 0 Å². The number of ether oxygens (including phenoxy) is 1. The van der Waals surface area contributed by atoms with Crippen molar-refractivity contribution >= 4 is 30.7 Å². The van der Waals surface area contributed by atoms with Crippen LogP contribution in [0, 0.1) is 0 Å². The number of morpholine rings is 1. The monoisotopic (exact) mass is 324 g/mol. The topological polar surface area (TPSA) is 68.2 Å². The molecular weight excluding hydrogens is 303 g/mol. The van der Waals surface area contributed by atoms with E-state index in [0.717, 1.165) is 13.2 Å². The third kappa shape index (κ3) is 6.56. The molecule has 1 fully saturated rings. The van der Waals surface area contributed by atoms with Gasteiger partial charge in [0.1, 0.15) is 0 Å². The Morgan fingerprint density at radius 2 is 2.40 bits per heavy atom. The number of nitrogens with zero attached hydrogens (tertiary/aromatic N) is 2. The molecule has 6 nitrogen and oxygen atoms in total. The molecule has 1 aromatic rings. The van der Waals surface area contributed by atoms with Gasteiger partial charge in [-0.05, 0) is 13.0 Å². The number of hydrogen-bond donors (Lipinski definition) is 2. The highest BCUT2D eigenvalue weighted by Gasteiger charge is 2.17. The summed E-state index contributed by atoms with van der Waals surface area (Å²) in [7, 11) is 0. The summed E-state index contributed by atoms with van der Waals surface area (Å²) in [6.45, 7) is 4.83. The highest BCUT2D eigenvalue weighted by Crippen LogP contribution is 1.99. The Labute approximate surface area is 131 Å². The zero-order valence-electron chi connectivity index (χ0n) is 11.4. The maximum atomic E-state index is 11.8. The van der Waals surface area contributed by atoms with E-state index in [4.69, 9.17) is 4.74 Å². The molecule has 0 bridgehead atoms. The van der Waals surface area contributed by atoms with Crippen molar-refractivity contribution in [3.8, 4) is 0 Å². The van der Waals surface area contributed by atoms with Gasteiger partial charge < -0.3 is 15.4 Å². The van der Waals surface area contributed by atoms with Gasteiger partial charge in [0, 0.05) is 37.4 Å². The van der Waals surface area contributed by atoms with Gasteiger partial charge in [0.15, 0.2) is 0 Å². The van der Waals surface area contributed by atoms with Gasteiger partial charge in [-0.1, -0.05) is 0 Å². The summed E-state index contributed by atoms with van der Waals surface area (Å²) in [6, 6.07) is 2.08. The fourth-order valence-electron chi connectivity index (χ4n) is 2.04. The number of carbonyl (C=O) groups is 1. The van der Waals surface area contributed by atoms with Crippen LogP contribution in [0.1, 0.15) is 13.3 Å². The summed E-state index contributed by atoms with van der Waals surface area (Å²) >= 11 is 0. The lowest BCUT2D eigenvalue weighted by Crippen LogP contribution is -2.45. The van der Waals surface area contributed by atoms with Crippen LogP contribution >= 0.6 is 24.8 Å². The van der Waals surface area contributed by atoms with Gasteiger partial charge in [-0.25, -0.2) is 0 Å². The third-order valence-electron chi connectivity index (χ3n) is 2.86. The summed E-state index contributed by atoms with van der Waals surface area (Å²) in [5, 5.41) is 10.3. The van der Waals surface area contributed by atoms with Gasteiger partial charge in [-0.2, -0.15) is 5.10 Å². The smallest absolute Gasteiger partial charge is 0.221 e. The van der Waals surface area contributed by atoms with Gasteiger partial charge in [0.25, 0.3) is 0 Å². The quantitative estimate of drug-likeness (QED) is 0.832. The van der Waals surface area contributed by atoms with Crippen LogP contribution in [0.2, 0.25) is 0 Å². The molecule has 0 aliphatic carbocycles. The molecule has 1 aliphatic heterocycles. The van der Waals surface area contributed by atoms with Crippen LogP contribution in [0.15, 0.2) is 18.5 Å². The largest absolute Gasteiger partial charge is 0.378 e. The van der Waals surface area contributed by atoms with Crippen LogP contribution in [0.3, 0.4) is 0 Å². The molecular formula is C12H22Cl2N4O2. The van der Waals surface area contributed by atoms with Crippen LogP contribution in [-0.2, 0) is 16.1 Å². The number of carbonyl (C=O) groups excluding carboxylic acids is 1. The van der Waals surface area contributed by atoms with E-state index in [0.29, 0.717) is 19.6 Å². The zero-order valence-corrected chi connectivity index (χ0v) is 13.1. The molecule has 8 heteroatoms. The normalized spacial score (nSPS) is 19.4. The van der Waals surface area contributed by atoms with Gasteiger partial charge in [0.2, 0.25) is 5.91 Å². The number of aromatic nitrogens is 2. The number of hydrogen-bond acceptors (Lipinski definition) is 4. The molecule has 0 spiro atoms. The van der Waals surface area contributed by atoms with Crippen molar-refractivity contribution in [1.82, 2.24) is 20.4 Å². The fourth-order valence-corrected chi connectivity index (χ4v) is 2.04. The van der Waals surface area contributed by atoms with E-state index >= 15 is 0 Å². The predicted molar refractivity (Wildman–Crippen MR) is 81.6 cm³/mol. The second-order valence-corrected chi connectivity index (χ2v) is 4.63. The fraction of sp³-hybridized carbons (Fsp3) is 0.667. The van der Waals surface area contributed by atoms with Crippen molar-refractivity contribution in [3.05, 3.63) is 18.5 Å². The Hall–Kier alpha value is -0.820. The van der Waals surface area contributed by atoms with Gasteiger partial charge >= 0.3 is 0 Å². The molecule has 2 rings (SSSR count). The van der Waals surface area contributed by atoms with Crippen LogP contribution < -0.4 is 10.6 Å².